The van der Waals surface area contributed by atoms with Crippen molar-refractivity contribution in [3.63, 3.8) is 0 Å². The maximum absolute atomic E-state index is 5.63. The van der Waals surface area contributed by atoms with Crippen LogP contribution in [-0.2, 0) is 4.74 Å². The van der Waals surface area contributed by atoms with E-state index in [-0.39, 0.29) is 0 Å². The summed E-state index contributed by atoms with van der Waals surface area (Å²) in [6.07, 6.45) is 14.4. The van der Waals surface area contributed by atoms with Crippen LogP contribution in [0.15, 0.2) is 24.3 Å². The first kappa shape index (κ1) is 8.06. The zero-order chi connectivity index (χ0) is 8.23. The molecule has 1 heterocycles. The number of hydrogen-bond donors (Lipinski definition) is 0. The summed E-state index contributed by atoms with van der Waals surface area (Å²) < 4.78 is 5.63. The van der Waals surface area contributed by atoms with Crippen LogP contribution < -0.4 is 0 Å². The van der Waals surface area contributed by atoms with Crippen LogP contribution in [0.2, 0.25) is 0 Å². The summed E-state index contributed by atoms with van der Waals surface area (Å²) in [7, 11) is 0. The highest BCUT2D eigenvalue weighted by Crippen LogP contribution is 2.37. The monoisotopic (exact) mass is 164 g/mol. The third kappa shape index (κ3) is 2.21. The molecule has 1 aliphatic carbocycles. The molecule has 12 heavy (non-hydrogen) atoms. The highest BCUT2D eigenvalue weighted by atomic mass is 16.5. The lowest BCUT2D eigenvalue weighted by atomic mass is 10.2. The van der Waals surface area contributed by atoms with Crippen LogP contribution in [0, 0.1) is 5.92 Å². The fourth-order valence-corrected chi connectivity index (χ4v) is 1.67. The van der Waals surface area contributed by atoms with E-state index in [4.69, 9.17) is 4.74 Å². The van der Waals surface area contributed by atoms with E-state index in [2.05, 4.69) is 24.3 Å². The van der Waals surface area contributed by atoms with Gasteiger partial charge in [-0.3, -0.25) is 0 Å². The quantitative estimate of drug-likeness (QED) is 0.500. The summed E-state index contributed by atoms with van der Waals surface area (Å²) in [6.45, 7) is 0.814. The van der Waals surface area contributed by atoms with Gasteiger partial charge < -0.3 is 4.74 Å². The Bertz CT molecular complexity index is 173. The van der Waals surface area contributed by atoms with Gasteiger partial charge in [0.25, 0.3) is 0 Å². The van der Waals surface area contributed by atoms with Crippen molar-refractivity contribution < 1.29 is 4.74 Å². The SMILES string of the molecule is C1=CCCC2CC2OCC=CC1. The van der Waals surface area contributed by atoms with Crippen molar-refractivity contribution in [2.24, 2.45) is 5.92 Å². The molecule has 2 unspecified atom stereocenters. The predicted octanol–water partition coefficient (Wildman–Crippen LogP) is 2.69. The topological polar surface area (TPSA) is 9.23 Å². The van der Waals surface area contributed by atoms with Gasteiger partial charge in [0.2, 0.25) is 0 Å². The number of rotatable bonds is 0. The smallest absolute Gasteiger partial charge is 0.0651 e. The van der Waals surface area contributed by atoms with Crippen molar-refractivity contribution in [2.75, 3.05) is 6.61 Å². The molecule has 66 valence electrons. The number of allylic oxidation sites excluding steroid dienone is 3. The van der Waals surface area contributed by atoms with Crippen LogP contribution in [0.1, 0.15) is 25.7 Å². The predicted molar refractivity (Wildman–Crippen MR) is 50.0 cm³/mol. The van der Waals surface area contributed by atoms with E-state index in [1.54, 1.807) is 0 Å². The minimum atomic E-state index is 0.584. The van der Waals surface area contributed by atoms with Crippen molar-refractivity contribution >= 4 is 0 Å². The molecule has 0 radical (unpaired) electrons. The van der Waals surface area contributed by atoms with E-state index in [9.17, 15) is 0 Å². The number of hydrogen-bond acceptors (Lipinski definition) is 1. The van der Waals surface area contributed by atoms with Crippen LogP contribution in [0.5, 0.6) is 0 Å². The Kier molecular flexibility index (Phi) is 2.62. The van der Waals surface area contributed by atoms with Crippen molar-refractivity contribution in [1.82, 2.24) is 0 Å². The molecular formula is C11H16O. The van der Waals surface area contributed by atoms with Gasteiger partial charge in [0, 0.05) is 0 Å². The molecule has 1 nitrogen and oxygen atoms in total. The minimum Gasteiger partial charge on any atom is -0.374 e. The largest absolute Gasteiger partial charge is 0.374 e. The Morgan fingerprint density at radius 1 is 1.08 bits per heavy atom. The van der Waals surface area contributed by atoms with Gasteiger partial charge in [-0.05, 0) is 31.6 Å². The lowest BCUT2D eigenvalue weighted by Gasteiger charge is -1.97. The summed E-state index contributed by atoms with van der Waals surface area (Å²) >= 11 is 0. The zero-order valence-corrected chi connectivity index (χ0v) is 7.41. The fourth-order valence-electron chi connectivity index (χ4n) is 1.67. The first-order valence-corrected chi connectivity index (χ1v) is 4.88. The van der Waals surface area contributed by atoms with Crippen molar-refractivity contribution in [2.45, 2.75) is 31.8 Å². The van der Waals surface area contributed by atoms with E-state index in [1.807, 2.05) is 0 Å². The average molecular weight is 164 g/mol. The van der Waals surface area contributed by atoms with Crippen LogP contribution in [0.3, 0.4) is 0 Å². The molecule has 1 saturated carbocycles. The van der Waals surface area contributed by atoms with Gasteiger partial charge in [0.1, 0.15) is 0 Å². The van der Waals surface area contributed by atoms with E-state index in [0.29, 0.717) is 6.10 Å². The first-order chi connectivity index (χ1) is 5.97. The summed E-state index contributed by atoms with van der Waals surface area (Å²) in [5, 5.41) is 0. The standard InChI is InChI=1S/C11H16O/c1-2-4-6-8-12-11-9-10(11)7-5-3-1/h1,3-4,6,10-11H,2,5,7-9H2. The van der Waals surface area contributed by atoms with E-state index in [1.165, 1.54) is 19.3 Å². The molecule has 0 saturated heterocycles. The molecule has 2 atom stereocenters. The van der Waals surface area contributed by atoms with Crippen molar-refractivity contribution in [1.29, 1.82) is 0 Å². The second-order valence-electron chi connectivity index (χ2n) is 3.62. The average Bonchev–Trinajstić information content (AvgIpc) is 2.78. The lowest BCUT2D eigenvalue weighted by Crippen LogP contribution is -1.96. The molecule has 0 spiro atoms. The summed E-state index contributed by atoms with van der Waals surface area (Å²) in [5.74, 6) is 0.862. The first-order valence-electron chi connectivity index (χ1n) is 4.88. The van der Waals surface area contributed by atoms with Crippen LogP contribution in [0.25, 0.3) is 0 Å². The van der Waals surface area contributed by atoms with E-state index in [0.717, 1.165) is 18.9 Å². The van der Waals surface area contributed by atoms with Gasteiger partial charge in [0.05, 0.1) is 12.7 Å². The summed E-state index contributed by atoms with van der Waals surface area (Å²) in [6, 6.07) is 0. The second kappa shape index (κ2) is 3.90. The Hall–Kier alpha value is -0.560. The molecule has 1 heteroatoms. The van der Waals surface area contributed by atoms with Crippen LogP contribution >= 0.6 is 0 Å². The molecule has 2 aliphatic rings. The highest BCUT2D eigenvalue weighted by Gasteiger charge is 2.36. The van der Waals surface area contributed by atoms with Gasteiger partial charge in [-0.1, -0.05) is 24.3 Å². The molecule has 0 aromatic rings. The molecule has 2 rings (SSSR count). The summed E-state index contributed by atoms with van der Waals surface area (Å²) in [5.41, 5.74) is 0. The summed E-state index contributed by atoms with van der Waals surface area (Å²) in [4.78, 5) is 0. The lowest BCUT2D eigenvalue weighted by molar-refractivity contribution is 0.134. The molecule has 0 aromatic heterocycles. The van der Waals surface area contributed by atoms with Crippen LogP contribution in [0.4, 0.5) is 0 Å². The van der Waals surface area contributed by atoms with Gasteiger partial charge >= 0.3 is 0 Å². The van der Waals surface area contributed by atoms with Crippen molar-refractivity contribution in [3.05, 3.63) is 24.3 Å². The number of ether oxygens (including phenoxy) is 1. The molecule has 1 aliphatic heterocycles. The molecule has 0 N–H and O–H groups in total. The van der Waals surface area contributed by atoms with E-state index >= 15 is 0 Å². The molecule has 0 bridgehead atoms. The zero-order valence-electron chi connectivity index (χ0n) is 7.41. The molecule has 1 fully saturated rings. The van der Waals surface area contributed by atoms with Gasteiger partial charge in [-0.2, -0.15) is 0 Å². The molecule has 0 aromatic carbocycles. The van der Waals surface area contributed by atoms with Gasteiger partial charge in [-0.25, -0.2) is 0 Å². The van der Waals surface area contributed by atoms with Crippen molar-refractivity contribution in [3.8, 4) is 0 Å². The van der Waals surface area contributed by atoms with Gasteiger partial charge in [-0.15, -0.1) is 0 Å². The maximum Gasteiger partial charge on any atom is 0.0651 e. The van der Waals surface area contributed by atoms with E-state index < -0.39 is 0 Å². The number of fused-ring (bicyclic) bond motifs is 1. The Labute approximate surface area is 74.1 Å². The van der Waals surface area contributed by atoms with Gasteiger partial charge in [0.15, 0.2) is 0 Å². The maximum atomic E-state index is 5.63. The van der Waals surface area contributed by atoms with Crippen LogP contribution in [-0.4, -0.2) is 12.7 Å². The Morgan fingerprint density at radius 2 is 2.00 bits per heavy atom. The Morgan fingerprint density at radius 3 is 3.00 bits per heavy atom. The Balaban J connectivity index is 1.84. The fraction of sp³-hybridized carbons (Fsp3) is 0.636. The molecular weight excluding hydrogens is 148 g/mol. The highest BCUT2D eigenvalue weighted by molar-refractivity contribution is 4.97. The minimum absolute atomic E-state index is 0.584. The third-order valence-corrected chi connectivity index (χ3v) is 2.57. The normalized spacial score (nSPS) is 35.3. The second-order valence-corrected chi connectivity index (χ2v) is 3.62. The molecule has 0 amide bonds. The third-order valence-electron chi connectivity index (χ3n) is 2.57.